The first-order valence-electron chi connectivity index (χ1n) is 5.86. The van der Waals surface area contributed by atoms with E-state index in [0.717, 1.165) is 12.5 Å². The molecule has 1 heterocycles. The number of ether oxygens (including phenoxy) is 1. The van der Waals surface area contributed by atoms with Gasteiger partial charge in [0.15, 0.2) is 0 Å². The van der Waals surface area contributed by atoms with E-state index < -0.39 is 11.9 Å². The summed E-state index contributed by atoms with van der Waals surface area (Å²) >= 11 is 0. The lowest BCUT2D eigenvalue weighted by molar-refractivity contribution is -0.141. The number of hydrogen-bond donors (Lipinski definition) is 1. The summed E-state index contributed by atoms with van der Waals surface area (Å²) in [5, 5.41) is 5.65. The van der Waals surface area contributed by atoms with Gasteiger partial charge in [-0.25, -0.2) is 0 Å². The third-order valence-electron chi connectivity index (χ3n) is 2.51. The van der Waals surface area contributed by atoms with E-state index in [0.29, 0.717) is 17.9 Å². The van der Waals surface area contributed by atoms with Crippen molar-refractivity contribution >= 4 is 0 Å². The second kappa shape index (κ2) is 5.34. The van der Waals surface area contributed by atoms with Crippen LogP contribution in [0.1, 0.15) is 19.0 Å². The van der Waals surface area contributed by atoms with Gasteiger partial charge in [0.05, 0.1) is 12.3 Å². The molecule has 102 valence electrons. The third kappa shape index (κ3) is 3.27. The molecule has 0 radical (unpaired) electrons. The molecule has 0 aliphatic rings. The summed E-state index contributed by atoms with van der Waals surface area (Å²) in [5.74, 6) is 0.692. The van der Waals surface area contributed by atoms with Crippen LogP contribution in [0.3, 0.4) is 0 Å². The smallest absolute Gasteiger partial charge is 0.432 e. The number of nitrogens with zero attached hydrogens (tertiary/aromatic N) is 1. The Morgan fingerprint density at radius 2 is 1.89 bits per heavy atom. The molecule has 0 spiro atoms. The normalized spacial score (nSPS) is 11.6. The van der Waals surface area contributed by atoms with Gasteiger partial charge in [-0.1, -0.05) is 6.92 Å². The van der Waals surface area contributed by atoms with Crippen LogP contribution in [-0.2, 0) is 6.18 Å². The quantitative estimate of drug-likeness (QED) is 0.915. The van der Waals surface area contributed by atoms with Crippen molar-refractivity contribution in [3.05, 3.63) is 36.0 Å². The molecule has 1 aromatic heterocycles. The summed E-state index contributed by atoms with van der Waals surface area (Å²) in [6, 6.07) is 7.78. The average Bonchev–Trinajstić information content (AvgIpc) is 2.86. The van der Waals surface area contributed by atoms with Crippen LogP contribution in [0.4, 0.5) is 13.2 Å². The Balaban J connectivity index is 2.16. The zero-order valence-electron chi connectivity index (χ0n) is 10.3. The molecule has 0 fully saturated rings. The van der Waals surface area contributed by atoms with Crippen molar-refractivity contribution in [3.8, 4) is 17.0 Å². The van der Waals surface area contributed by atoms with E-state index in [1.165, 1.54) is 0 Å². The minimum atomic E-state index is -4.41. The van der Waals surface area contributed by atoms with Crippen LogP contribution < -0.4 is 4.74 Å². The van der Waals surface area contributed by atoms with E-state index in [-0.39, 0.29) is 5.69 Å². The lowest BCUT2D eigenvalue weighted by atomic mass is 10.1. The molecule has 1 aromatic carbocycles. The lowest BCUT2D eigenvalue weighted by Crippen LogP contribution is -2.04. The highest BCUT2D eigenvalue weighted by Gasteiger charge is 2.33. The minimum absolute atomic E-state index is 0.259. The summed E-state index contributed by atoms with van der Waals surface area (Å²) in [6.45, 7) is 2.61. The number of hydrogen-bond acceptors (Lipinski definition) is 2. The predicted octanol–water partition coefficient (Wildman–Crippen LogP) is 3.88. The molecule has 3 nitrogen and oxygen atoms in total. The highest BCUT2D eigenvalue weighted by atomic mass is 19.4. The lowest BCUT2D eigenvalue weighted by Gasteiger charge is -2.04. The summed E-state index contributed by atoms with van der Waals surface area (Å²) < 4.78 is 42.7. The number of rotatable bonds is 4. The van der Waals surface area contributed by atoms with Gasteiger partial charge in [0.25, 0.3) is 0 Å². The van der Waals surface area contributed by atoms with E-state index in [2.05, 4.69) is 5.10 Å². The highest BCUT2D eigenvalue weighted by molar-refractivity contribution is 5.60. The van der Waals surface area contributed by atoms with Gasteiger partial charge in [0.1, 0.15) is 11.4 Å². The van der Waals surface area contributed by atoms with Gasteiger partial charge in [-0.2, -0.15) is 18.3 Å². The van der Waals surface area contributed by atoms with Gasteiger partial charge in [0.2, 0.25) is 0 Å². The number of H-pyrrole nitrogens is 1. The molecule has 0 saturated heterocycles. The van der Waals surface area contributed by atoms with Crippen molar-refractivity contribution in [2.75, 3.05) is 6.61 Å². The summed E-state index contributed by atoms with van der Waals surface area (Å²) in [7, 11) is 0. The van der Waals surface area contributed by atoms with Crippen LogP contribution >= 0.6 is 0 Å². The second-order valence-electron chi connectivity index (χ2n) is 4.04. The van der Waals surface area contributed by atoms with Crippen LogP contribution in [-0.4, -0.2) is 16.8 Å². The fourth-order valence-electron chi connectivity index (χ4n) is 1.56. The van der Waals surface area contributed by atoms with Crippen molar-refractivity contribution in [1.82, 2.24) is 10.2 Å². The molecular weight excluding hydrogens is 257 g/mol. The number of alkyl halides is 3. The first-order chi connectivity index (χ1) is 9.00. The first kappa shape index (κ1) is 13.5. The Kier molecular flexibility index (Phi) is 3.78. The van der Waals surface area contributed by atoms with Gasteiger partial charge in [0, 0.05) is 5.56 Å². The Hall–Kier alpha value is -1.98. The second-order valence-corrected chi connectivity index (χ2v) is 4.04. The highest BCUT2D eigenvalue weighted by Crippen LogP contribution is 2.30. The summed E-state index contributed by atoms with van der Waals surface area (Å²) in [4.78, 5) is 0. The van der Waals surface area contributed by atoms with Crippen LogP contribution in [0.5, 0.6) is 5.75 Å². The van der Waals surface area contributed by atoms with E-state index in [9.17, 15) is 13.2 Å². The van der Waals surface area contributed by atoms with E-state index in [4.69, 9.17) is 4.74 Å². The largest absolute Gasteiger partial charge is 0.494 e. The maximum absolute atomic E-state index is 12.4. The maximum Gasteiger partial charge on any atom is 0.432 e. The zero-order chi connectivity index (χ0) is 13.9. The molecule has 0 aliphatic heterocycles. The molecule has 0 unspecified atom stereocenters. The van der Waals surface area contributed by atoms with Gasteiger partial charge in [-0.3, -0.25) is 5.10 Å². The third-order valence-corrected chi connectivity index (χ3v) is 2.51. The number of aromatic nitrogens is 2. The predicted molar refractivity (Wildman–Crippen MR) is 64.8 cm³/mol. The molecule has 0 amide bonds. The van der Waals surface area contributed by atoms with Gasteiger partial charge >= 0.3 is 6.18 Å². The van der Waals surface area contributed by atoms with E-state index >= 15 is 0 Å². The van der Waals surface area contributed by atoms with Crippen LogP contribution in [0.25, 0.3) is 11.3 Å². The first-order valence-corrected chi connectivity index (χ1v) is 5.86. The fourth-order valence-corrected chi connectivity index (χ4v) is 1.56. The molecule has 0 bridgehead atoms. The van der Waals surface area contributed by atoms with Gasteiger partial charge in [-0.15, -0.1) is 0 Å². The van der Waals surface area contributed by atoms with Crippen molar-refractivity contribution < 1.29 is 17.9 Å². The summed E-state index contributed by atoms with van der Waals surface area (Å²) in [5.41, 5.74) is 0.0128. The van der Waals surface area contributed by atoms with Gasteiger partial charge < -0.3 is 4.74 Å². The summed E-state index contributed by atoms with van der Waals surface area (Å²) in [6.07, 6.45) is -3.51. The number of nitrogens with one attached hydrogen (secondary N) is 1. The van der Waals surface area contributed by atoms with Crippen LogP contribution in [0, 0.1) is 0 Å². The maximum atomic E-state index is 12.4. The molecule has 19 heavy (non-hydrogen) atoms. The van der Waals surface area contributed by atoms with E-state index in [1.807, 2.05) is 12.0 Å². The number of aromatic amines is 1. The molecule has 0 saturated carbocycles. The Morgan fingerprint density at radius 1 is 1.21 bits per heavy atom. The Bertz CT molecular complexity index is 532. The Morgan fingerprint density at radius 3 is 2.42 bits per heavy atom. The molecule has 2 aromatic rings. The molecule has 1 N–H and O–H groups in total. The SMILES string of the molecule is CCCOc1ccc(-c2cc(C(F)(F)F)[nH]n2)cc1. The molecule has 0 aliphatic carbocycles. The fraction of sp³-hybridized carbons (Fsp3) is 0.308. The van der Waals surface area contributed by atoms with Crippen LogP contribution in [0.15, 0.2) is 30.3 Å². The number of benzene rings is 1. The topological polar surface area (TPSA) is 37.9 Å². The van der Waals surface area contributed by atoms with Gasteiger partial charge in [-0.05, 0) is 36.8 Å². The van der Waals surface area contributed by atoms with Crippen molar-refractivity contribution in [2.24, 2.45) is 0 Å². The van der Waals surface area contributed by atoms with Crippen molar-refractivity contribution in [2.45, 2.75) is 19.5 Å². The standard InChI is InChI=1S/C13H13F3N2O/c1-2-7-19-10-5-3-9(4-6-10)11-8-12(18-17-11)13(14,15)16/h3-6,8H,2,7H2,1H3,(H,17,18). The van der Waals surface area contributed by atoms with Crippen molar-refractivity contribution in [3.63, 3.8) is 0 Å². The molecule has 6 heteroatoms. The minimum Gasteiger partial charge on any atom is -0.494 e. The van der Waals surface area contributed by atoms with E-state index in [1.54, 1.807) is 24.3 Å². The number of halogens is 3. The Labute approximate surface area is 108 Å². The molecule has 0 atom stereocenters. The zero-order valence-corrected chi connectivity index (χ0v) is 10.3. The van der Waals surface area contributed by atoms with Crippen molar-refractivity contribution in [1.29, 1.82) is 0 Å². The van der Waals surface area contributed by atoms with Crippen LogP contribution in [0.2, 0.25) is 0 Å². The monoisotopic (exact) mass is 270 g/mol. The molecular formula is C13H13F3N2O. The molecule has 2 rings (SSSR count). The average molecular weight is 270 g/mol.